The number of thiophene rings is 1. The van der Waals surface area contributed by atoms with Crippen LogP contribution in [0.25, 0.3) is 0 Å². The molecule has 8 heteroatoms. The van der Waals surface area contributed by atoms with Gasteiger partial charge in [-0.15, -0.1) is 11.3 Å². The van der Waals surface area contributed by atoms with Crippen molar-refractivity contribution in [2.75, 3.05) is 11.9 Å². The number of halogens is 2. The quantitative estimate of drug-likeness (QED) is 0.548. The van der Waals surface area contributed by atoms with Crippen LogP contribution in [0.1, 0.15) is 27.4 Å². The standard InChI is InChI=1S/C17H15Cl2NO4S/c1-10-2-6-15(25-10)14(21)5-7-17(23)24-9-16(22)20-13-4-3-11(18)8-12(13)19/h2-4,6,8H,5,7,9H2,1H3,(H,20,22). The Labute approximate surface area is 158 Å². The lowest BCUT2D eigenvalue weighted by atomic mass is 10.2. The molecule has 0 unspecified atom stereocenters. The van der Waals surface area contributed by atoms with Gasteiger partial charge in [-0.05, 0) is 37.3 Å². The summed E-state index contributed by atoms with van der Waals surface area (Å²) in [6.45, 7) is 1.45. The maximum absolute atomic E-state index is 11.9. The number of Topliss-reactive ketones (excluding diaryl/α,β-unsaturated/α-hetero) is 1. The van der Waals surface area contributed by atoms with Crippen LogP contribution in [0.3, 0.4) is 0 Å². The molecule has 1 heterocycles. The molecule has 0 atom stereocenters. The number of rotatable bonds is 7. The average Bonchev–Trinajstić information content (AvgIpc) is 3.00. The summed E-state index contributed by atoms with van der Waals surface area (Å²) < 4.78 is 4.86. The normalized spacial score (nSPS) is 10.4. The first kappa shape index (κ1) is 19.4. The summed E-state index contributed by atoms with van der Waals surface area (Å²) in [4.78, 5) is 37.0. The van der Waals surface area contributed by atoms with Crippen molar-refractivity contribution in [1.29, 1.82) is 0 Å². The Bertz CT molecular complexity index is 804. The van der Waals surface area contributed by atoms with Crippen molar-refractivity contribution in [2.24, 2.45) is 0 Å². The summed E-state index contributed by atoms with van der Waals surface area (Å²) in [5.74, 6) is -1.26. The van der Waals surface area contributed by atoms with Crippen molar-refractivity contribution in [3.63, 3.8) is 0 Å². The van der Waals surface area contributed by atoms with E-state index in [1.165, 1.54) is 17.4 Å². The molecule has 0 aliphatic rings. The van der Waals surface area contributed by atoms with Gasteiger partial charge in [-0.2, -0.15) is 0 Å². The Morgan fingerprint density at radius 2 is 1.88 bits per heavy atom. The van der Waals surface area contributed by atoms with Gasteiger partial charge in [-0.1, -0.05) is 23.2 Å². The third-order valence-electron chi connectivity index (χ3n) is 3.14. The minimum absolute atomic E-state index is 0.0451. The van der Waals surface area contributed by atoms with Crippen LogP contribution in [0.5, 0.6) is 0 Å². The van der Waals surface area contributed by atoms with Crippen molar-refractivity contribution in [3.05, 3.63) is 50.1 Å². The van der Waals surface area contributed by atoms with Gasteiger partial charge < -0.3 is 10.1 Å². The molecule has 2 aromatic rings. The summed E-state index contributed by atoms with van der Waals surface area (Å²) in [6.07, 6.45) is -0.0336. The topological polar surface area (TPSA) is 72.5 Å². The van der Waals surface area contributed by atoms with Gasteiger partial charge in [-0.25, -0.2) is 0 Å². The van der Waals surface area contributed by atoms with E-state index in [1.54, 1.807) is 18.2 Å². The van der Waals surface area contributed by atoms with Crippen molar-refractivity contribution < 1.29 is 19.1 Å². The molecule has 5 nitrogen and oxygen atoms in total. The molecule has 0 fully saturated rings. The monoisotopic (exact) mass is 399 g/mol. The van der Waals surface area contributed by atoms with Gasteiger partial charge >= 0.3 is 5.97 Å². The molecule has 0 radical (unpaired) electrons. The zero-order valence-electron chi connectivity index (χ0n) is 13.3. The summed E-state index contributed by atoms with van der Waals surface area (Å²) in [5.41, 5.74) is 0.371. The number of aryl methyl sites for hydroxylation is 1. The summed E-state index contributed by atoms with van der Waals surface area (Å²) in [7, 11) is 0. The molecule has 132 valence electrons. The first-order valence-electron chi connectivity index (χ1n) is 7.35. The molecule has 0 spiro atoms. The van der Waals surface area contributed by atoms with Gasteiger partial charge in [0, 0.05) is 16.3 Å². The van der Waals surface area contributed by atoms with Crippen LogP contribution >= 0.6 is 34.5 Å². The number of carbonyl (C=O) groups is 3. The molecule has 0 saturated heterocycles. The SMILES string of the molecule is Cc1ccc(C(=O)CCC(=O)OCC(=O)Nc2ccc(Cl)cc2Cl)s1. The van der Waals surface area contributed by atoms with Crippen molar-refractivity contribution in [1.82, 2.24) is 0 Å². The molecule has 1 N–H and O–H groups in total. The highest BCUT2D eigenvalue weighted by Crippen LogP contribution is 2.25. The van der Waals surface area contributed by atoms with E-state index < -0.39 is 18.5 Å². The summed E-state index contributed by atoms with van der Waals surface area (Å²) in [6, 6.07) is 8.20. The van der Waals surface area contributed by atoms with Gasteiger partial charge in [0.1, 0.15) is 0 Å². The number of nitrogens with one attached hydrogen (secondary N) is 1. The molecule has 1 aromatic heterocycles. The van der Waals surface area contributed by atoms with Crippen LogP contribution in [-0.2, 0) is 14.3 Å². The van der Waals surface area contributed by atoms with Gasteiger partial charge in [0.05, 0.1) is 22.0 Å². The summed E-state index contributed by atoms with van der Waals surface area (Å²) >= 11 is 13.1. The fourth-order valence-corrected chi connectivity index (χ4v) is 3.21. The zero-order valence-corrected chi connectivity index (χ0v) is 15.6. The molecule has 25 heavy (non-hydrogen) atoms. The van der Waals surface area contributed by atoms with Crippen LogP contribution in [0.2, 0.25) is 10.0 Å². The number of amides is 1. The third kappa shape index (κ3) is 6.16. The molecule has 1 amide bonds. The molecular formula is C17H15Cl2NO4S. The molecule has 0 bridgehead atoms. The maximum atomic E-state index is 11.9. The Hall–Kier alpha value is -1.89. The number of carbonyl (C=O) groups excluding carboxylic acids is 3. The molecule has 0 aliphatic carbocycles. The highest BCUT2D eigenvalue weighted by atomic mass is 35.5. The van der Waals surface area contributed by atoms with Crippen LogP contribution in [0.15, 0.2) is 30.3 Å². The number of hydrogen-bond donors (Lipinski definition) is 1. The minimum atomic E-state index is -0.612. The molecule has 0 saturated carbocycles. The molecule has 1 aromatic carbocycles. The fourth-order valence-electron chi connectivity index (χ4n) is 1.92. The molecule has 0 aliphatic heterocycles. The van der Waals surface area contributed by atoms with E-state index in [9.17, 15) is 14.4 Å². The smallest absolute Gasteiger partial charge is 0.306 e. The van der Waals surface area contributed by atoms with Gasteiger partial charge in [0.25, 0.3) is 5.91 Å². The number of ether oxygens (including phenoxy) is 1. The van der Waals surface area contributed by atoms with Gasteiger partial charge in [-0.3, -0.25) is 14.4 Å². The van der Waals surface area contributed by atoms with E-state index in [-0.39, 0.29) is 23.6 Å². The molecule has 2 rings (SSSR count). The fraction of sp³-hybridized carbons (Fsp3) is 0.235. The summed E-state index contributed by atoms with van der Waals surface area (Å²) in [5, 5.41) is 3.24. The Kier molecular flexibility index (Phi) is 6.99. The van der Waals surface area contributed by atoms with E-state index in [4.69, 9.17) is 27.9 Å². The second-order valence-corrected chi connectivity index (χ2v) is 7.30. The molecular weight excluding hydrogens is 385 g/mol. The second kappa shape index (κ2) is 8.99. The Morgan fingerprint density at radius 1 is 1.12 bits per heavy atom. The zero-order chi connectivity index (χ0) is 18.4. The number of ketones is 1. The third-order valence-corrected chi connectivity index (χ3v) is 4.73. The van der Waals surface area contributed by atoms with Crippen LogP contribution in [0, 0.1) is 6.92 Å². The van der Waals surface area contributed by atoms with E-state index in [1.807, 2.05) is 13.0 Å². The second-order valence-electron chi connectivity index (χ2n) is 5.17. The number of benzene rings is 1. The van der Waals surface area contributed by atoms with Gasteiger partial charge in [0.15, 0.2) is 12.4 Å². The van der Waals surface area contributed by atoms with Crippen molar-refractivity contribution in [3.8, 4) is 0 Å². The van der Waals surface area contributed by atoms with E-state index >= 15 is 0 Å². The lowest BCUT2D eigenvalue weighted by Crippen LogP contribution is -2.21. The number of hydrogen-bond acceptors (Lipinski definition) is 5. The first-order valence-corrected chi connectivity index (χ1v) is 8.92. The predicted molar refractivity (Wildman–Crippen MR) is 98.7 cm³/mol. The first-order chi connectivity index (χ1) is 11.8. The highest BCUT2D eigenvalue weighted by molar-refractivity contribution is 7.14. The maximum Gasteiger partial charge on any atom is 0.306 e. The van der Waals surface area contributed by atoms with Crippen molar-refractivity contribution >= 4 is 57.9 Å². The van der Waals surface area contributed by atoms with Gasteiger partial charge in [0.2, 0.25) is 0 Å². The van der Waals surface area contributed by atoms with E-state index in [0.717, 1.165) is 4.88 Å². The average molecular weight is 400 g/mol. The van der Waals surface area contributed by atoms with E-state index in [2.05, 4.69) is 5.32 Å². The number of esters is 1. The Morgan fingerprint density at radius 3 is 2.52 bits per heavy atom. The predicted octanol–water partition coefficient (Wildman–Crippen LogP) is 4.51. The largest absolute Gasteiger partial charge is 0.456 e. The van der Waals surface area contributed by atoms with Crippen LogP contribution in [0.4, 0.5) is 5.69 Å². The van der Waals surface area contributed by atoms with E-state index in [0.29, 0.717) is 15.6 Å². The highest BCUT2D eigenvalue weighted by Gasteiger charge is 2.13. The number of anilines is 1. The Balaban J connectivity index is 1.74. The minimum Gasteiger partial charge on any atom is -0.456 e. The lowest BCUT2D eigenvalue weighted by Gasteiger charge is -2.08. The van der Waals surface area contributed by atoms with Crippen LogP contribution in [-0.4, -0.2) is 24.3 Å². The van der Waals surface area contributed by atoms with Crippen molar-refractivity contribution in [2.45, 2.75) is 19.8 Å². The lowest BCUT2D eigenvalue weighted by molar-refractivity contribution is -0.147. The van der Waals surface area contributed by atoms with Crippen LogP contribution < -0.4 is 5.32 Å².